The fourth-order valence-electron chi connectivity index (χ4n) is 3.51. The van der Waals surface area contributed by atoms with E-state index in [1.54, 1.807) is 7.11 Å². The van der Waals surface area contributed by atoms with Crippen LogP contribution in [0.2, 0.25) is 0 Å². The molecule has 2 unspecified atom stereocenters. The van der Waals surface area contributed by atoms with Gasteiger partial charge in [-0.1, -0.05) is 51.9 Å². The molecule has 1 fully saturated rings. The molecule has 20 heavy (non-hydrogen) atoms. The van der Waals surface area contributed by atoms with Crippen molar-refractivity contribution in [2.45, 2.75) is 84.0 Å². The molecule has 0 aromatic carbocycles. The van der Waals surface area contributed by atoms with E-state index in [4.69, 9.17) is 4.74 Å². The fourth-order valence-corrected chi connectivity index (χ4v) is 3.51. The first kappa shape index (κ1) is 17.7. The summed E-state index contributed by atoms with van der Waals surface area (Å²) in [6.45, 7) is 3.05. The zero-order valence-electron chi connectivity index (χ0n) is 13.7. The number of Topliss-reactive ketones (excluding diaryl/α,β-unsaturated/α-hetero) is 1. The summed E-state index contributed by atoms with van der Waals surface area (Å²) in [6, 6.07) is 0. The van der Waals surface area contributed by atoms with Gasteiger partial charge in [0.25, 0.3) is 0 Å². The van der Waals surface area contributed by atoms with Crippen molar-refractivity contribution < 1.29 is 9.53 Å². The molecule has 0 aliphatic heterocycles. The molecule has 0 N–H and O–H groups in total. The number of methoxy groups -OCH3 is 1. The first-order valence-corrected chi connectivity index (χ1v) is 8.81. The van der Waals surface area contributed by atoms with E-state index in [0.717, 1.165) is 32.3 Å². The quantitative estimate of drug-likeness (QED) is 0.490. The van der Waals surface area contributed by atoms with Crippen LogP contribution in [0.1, 0.15) is 84.0 Å². The molecule has 0 saturated heterocycles. The van der Waals surface area contributed by atoms with Crippen LogP contribution in [0.5, 0.6) is 0 Å². The summed E-state index contributed by atoms with van der Waals surface area (Å²) < 4.78 is 5.20. The van der Waals surface area contributed by atoms with Crippen molar-refractivity contribution >= 4 is 5.78 Å². The van der Waals surface area contributed by atoms with Gasteiger partial charge < -0.3 is 4.74 Å². The van der Waals surface area contributed by atoms with E-state index in [1.165, 1.54) is 51.4 Å². The average molecular weight is 282 g/mol. The zero-order chi connectivity index (χ0) is 14.6. The minimum absolute atomic E-state index is 0.342. The normalized spacial score (nSPS) is 22.9. The molecule has 2 heteroatoms. The van der Waals surface area contributed by atoms with E-state index in [0.29, 0.717) is 17.6 Å². The van der Waals surface area contributed by atoms with E-state index in [1.807, 2.05) is 0 Å². The molecule has 0 spiro atoms. The summed E-state index contributed by atoms with van der Waals surface area (Å²) in [4.78, 5) is 12.4. The first-order chi connectivity index (χ1) is 9.79. The summed E-state index contributed by atoms with van der Waals surface area (Å²) in [7, 11) is 1.76. The molecule has 1 saturated carbocycles. The van der Waals surface area contributed by atoms with Gasteiger partial charge in [-0.2, -0.15) is 0 Å². The second-order valence-electron chi connectivity index (χ2n) is 6.42. The first-order valence-electron chi connectivity index (χ1n) is 8.81. The molecule has 0 bridgehead atoms. The SMILES string of the molecule is CCCCCCCCC(=O)C1CCCCC1CCOC. The average Bonchev–Trinajstić information content (AvgIpc) is 2.48. The Bertz CT molecular complexity index is 250. The molecule has 0 aromatic rings. The molecule has 0 aromatic heterocycles. The van der Waals surface area contributed by atoms with Crippen molar-refractivity contribution in [2.75, 3.05) is 13.7 Å². The van der Waals surface area contributed by atoms with E-state index in [2.05, 4.69) is 6.92 Å². The molecule has 0 radical (unpaired) electrons. The summed E-state index contributed by atoms with van der Waals surface area (Å²) in [5.41, 5.74) is 0. The van der Waals surface area contributed by atoms with E-state index in [9.17, 15) is 4.79 Å². The third-order valence-electron chi connectivity index (χ3n) is 4.79. The lowest BCUT2D eigenvalue weighted by Crippen LogP contribution is -2.28. The van der Waals surface area contributed by atoms with Crippen LogP contribution in [0.3, 0.4) is 0 Å². The van der Waals surface area contributed by atoms with Gasteiger partial charge in [0.2, 0.25) is 0 Å². The van der Waals surface area contributed by atoms with Crippen LogP contribution in [0.4, 0.5) is 0 Å². The van der Waals surface area contributed by atoms with E-state index < -0.39 is 0 Å². The summed E-state index contributed by atoms with van der Waals surface area (Å²) in [6.07, 6.45) is 14.4. The molecule has 2 nitrogen and oxygen atoms in total. The van der Waals surface area contributed by atoms with Gasteiger partial charge in [-0.25, -0.2) is 0 Å². The van der Waals surface area contributed by atoms with Crippen molar-refractivity contribution in [3.8, 4) is 0 Å². The maximum absolute atomic E-state index is 12.4. The van der Waals surface area contributed by atoms with Crippen molar-refractivity contribution in [1.82, 2.24) is 0 Å². The summed E-state index contributed by atoms with van der Waals surface area (Å²) >= 11 is 0. The highest BCUT2D eigenvalue weighted by Crippen LogP contribution is 2.34. The number of ketones is 1. The van der Waals surface area contributed by atoms with Gasteiger partial charge in [0, 0.05) is 26.1 Å². The van der Waals surface area contributed by atoms with Gasteiger partial charge in [0.15, 0.2) is 0 Å². The number of unbranched alkanes of at least 4 members (excludes halogenated alkanes) is 5. The van der Waals surface area contributed by atoms with E-state index in [-0.39, 0.29) is 0 Å². The van der Waals surface area contributed by atoms with Gasteiger partial charge in [-0.15, -0.1) is 0 Å². The van der Waals surface area contributed by atoms with Crippen molar-refractivity contribution in [2.24, 2.45) is 11.8 Å². The molecule has 0 heterocycles. The van der Waals surface area contributed by atoms with Crippen molar-refractivity contribution in [3.05, 3.63) is 0 Å². The Morgan fingerprint density at radius 1 is 1.05 bits per heavy atom. The van der Waals surface area contributed by atoms with Gasteiger partial charge in [-0.3, -0.25) is 4.79 Å². The fraction of sp³-hybridized carbons (Fsp3) is 0.944. The highest BCUT2D eigenvalue weighted by Gasteiger charge is 2.29. The van der Waals surface area contributed by atoms with Gasteiger partial charge >= 0.3 is 0 Å². The van der Waals surface area contributed by atoms with Crippen LogP contribution in [0, 0.1) is 11.8 Å². The number of rotatable bonds is 11. The Balaban J connectivity index is 2.21. The Morgan fingerprint density at radius 2 is 1.75 bits per heavy atom. The third-order valence-corrected chi connectivity index (χ3v) is 4.79. The molecule has 1 aliphatic carbocycles. The predicted molar refractivity (Wildman–Crippen MR) is 84.9 cm³/mol. The Labute approximate surface area is 125 Å². The van der Waals surface area contributed by atoms with Crippen LogP contribution >= 0.6 is 0 Å². The van der Waals surface area contributed by atoms with Crippen LogP contribution in [-0.2, 0) is 9.53 Å². The topological polar surface area (TPSA) is 26.3 Å². The second kappa shape index (κ2) is 11.3. The molecular formula is C18H34O2. The maximum atomic E-state index is 12.4. The van der Waals surface area contributed by atoms with Crippen molar-refractivity contribution in [1.29, 1.82) is 0 Å². The van der Waals surface area contributed by atoms with Crippen molar-refractivity contribution in [3.63, 3.8) is 0 Å². The summed E-state index contributed by atoms with van der Waals surface area (Å²) in [5.74, 6) is 1.48. The lowest BCUT2D eigenvalue weighted by atomic mass is 9.74. The van der Waals surface area contributed by atoms with Crippen LogP contribution in [-0.4, -0.2) is 19.5 Å². The standard InChI is InChI=1S/C18H34O2/c1-3-4-5-6-7-8-13-18(19)17-12-10-9-11-16(17)14-15-20-2/h16-17H,3-15H2,1-2H3. The number of ether oxygens (including phenoxy) is 1. The largest absolute Gasteiger partial charge is 0.385 e. The van der Waals surface area contributed by atoms with Crippen LogP contribution in [0.15, 0.2) is 0 Å². The van der Waals surface area contributed by atoms with Crippen LogP contribution in [0.25, 0.3) is 0 Å². The maximum Gasteiger partial charge on any atom is 0.136 e. The minimum Gasteiger partial charge on any atom is -0.385 e. The smallest absolute Gasteiger partial charge is 0.136 e. The lowest BCUT2D eigenvalue weighted by Gasteiger charge is -2.30. The molecule has 1 aliphatic rings. The highest BCUT2D eigenvalue weighted by molar-refractivity contribution is 5.81. The second-order valence-corrected chi connectivity index (χ2v) is 6.42. The number of carbonyl (C=O) groups is 1. The van der Waals surface area contributed by atoms with Crippen LogP contribution < -0.4 is 0 Å². The molecule has 0 amide bonds. The Kier molecular flexibility index (Phi) is 10.00. The van der Waals surface area contributed by atoms with Gasteiger partial charge in [0.1, 0.15) is 5.78 Å². The molecular weight excluding hydrogens is 248 g/mol. The Hall–Kier alpha value is -0.370. The summed E-state index contributed by atoms with van der Waals surface area (Å²) in [5, 5.41) is 0. The zero-order valence-corrected chi connectivity index (χ0v) is 13.7. The highest BCUT2D eigenvalue weighted by atomic mass is 16.5. The Morgan fingerprint density at radius 3 is 2.50 bits per heavy atom. The number of hydrogen-bond acceptors (Lipinski definition) is 2. The molecule has 118 valence electrons. The monoisotopic (exact) mass is 282 g/mol. The van der Waals surface area contributed by atoms with Gasteiger partial charge in [-0.05, 0) is 31.6 Å². The number of hydrogen-bond donors (Lipinski definition) is 0. The third kappa shape index (κ3) is 6.88. The number of carbonyl (C=O) groups excluding carboxylic acids is 1. The van der Waals surface area contributed by atoms with E-state index >= 15 is 0 Å². The molecule has 2 atom stereocenters. The lowest BCUT2D eigenvalue weighted by molar-refractivity contribution is -0.126. The molecule has 1 rings (SSSR count). The predicted octanol–water partition coefficient (Wildman–Crippen LogP) is 5.15. The minimum atomic E-state index is 0.342. The van der Waals surface area contributed by atoms with Gasteiger partial charge in [0.05, 0.1) is 0 Å².